The van der Waals surface area contributed by atoms with Crippen LogP contribution >= 0.6 is 0 Å². The van der Waals surface area contributed by atoms with Crippen LogP contribution in [0.5, 0.6) is 0 Å². The number of allylic oxidation sites excluding steroid dienone is 1. The Kier molecular flexibility index (Phi) is 6.50. The number of aryl methyl sites for hydroxylation is 2. The molecule has 76 valence electrons. The molecule has 0 unspecified atom stereocenters. The Balaban J connectivity index is 0.00000225. The minimum atomic E-state index is -0.00444. The second kappa shape index (κ2) is 6.56. The first-order valence-electron chi connectivity index (χ1n) is 4.40. The van der Waals surface area contributed by atoms with Crippen LogP contribution in [0.4, 0.5) is 0 Å². The van der Waals surface area contributed by atoms with Crippen molar-refractivity contribution in [3.05, 3.63) is 28.1 Å². The molecule has 0 atom stereocenters. The van der Waals surface area contributed by atoms with Gasteiger partial charge in [-0.25, -0.2) is 0 Å². The van der Waals surface area contributed by atoms with E-state index in [0.717, 1.165) is 22.5 Å². The smallest absolute Gasteiger partial charge is 0.777 e. The summed E-state index contributed by atoms with van der Waals surface area (Å²) in [5.41, 5.74) is 3.72. The largest absolute Gasteiger partial charge is 1.00 e. The predicted octanol–water partition coefficient (Wildman–Crippen LogP) is -0.751. The second-order valence-electron chi connectivity index (χ2n) is 3.30. The number of hydrogen-bond acceptors (Lipinski definition) is 3. The van der Waals surface area contributed by atoms with E-state index >= 15 is 0 Å². The fourth-order valence-electron chi connectivity index (χ4n) is 1.50. The van der Waals surface area contributed by atoms with Gasteiger partial charge in [0.15, 0.2) is 0 Å². The molecule has 0 spiro atoms. The summed E-state index contributed by atoms with van der Waals surface area (Å²) in [6.07, 6.45) is 0. The maximum atomic E-state index is 8.74. The Morgan fingerprint density at radius 1 is 1.12 bits per heavy atom. The molecule has 0 saturated heterocycles. The Morgan fingerprint density at radius 3 is 1.94 bits per heavy atom. The summed E-state index contributed by atoms with van der Waals surface area (Å²) in [7, 11) is 0. The molecule has 0 fully saturated rings. The summed E-state index contributed by atoms with van der Waals surface area (Å²) in [6, 6.07) is 3.63. The van der Waals surface area contributed by atoms with Crippen LogP contribution in [0.15, 0.2) is 5.57 Å². The summed E-state index contributed by atoms with van der Waals surface area (Å²) in [5.74, 6) is 0. The molecule has 16 heavy (non-hydrogen) atoms. The molecule has 0 amide bonds. The molecule has 3 nitrogen and oxygen atoms in total. The number of hydrogen-bond donors (Lipinski definition) is 1. The van der Waals surface area contributed by atoms with Crippen LogP contribution in [-0.2, 0) is 12.6 Å². The van der Waals surface area contributed by atoms with E-state index in [0.29, 0.717) is 4.91 Å². The summed E-state index contributed by atoms with van der Waals surface area (Å²) in [4.78, 5) is 3.47. The molecule has 0 aliphatic rings. The summed E-state index contributed by atoms with van der Waals surface area (Å²) in [6.45, 7) is 5.74. The van der Waals surface area contributed by atoms with Gasteiger partial charge in [0.25, 0.3) is 0 Å². The first-order valence-corrected chi connectivity index (χ1v) is 4.81. The Hall–Kier alpha value is -0.144. The van der Waals surface area contributed by atoms with Crippen molar-refractivity contribution in [2.24, 2.45) is 0 Å². The molecule has 1 aromatic heterocycles. The van der Waals surface area contributed by atoms with Gasteiger partial charge in [0, 0.05) is 11.4 Å². The third-order valence-corrected chi connectivity index (χ3v) is 2.77. The van der Waals surface area contributed by atoms with E-state index in [-0.39, 0.29) is 57.0 Å². The van der Waals surface area contributed by atoms with E-state index < -0.39 is 0 Å². The minimum absolute atomic E-state index is 0. The molecule has 0 aliphatic carbocycles. The zero-order chi connectivity index (χ0) is 11.6. The minimum Gasteiger partial charge on any atom is -0.777 e. The number of H-pyrrole nitrogens is 1. The first-order chi connectivity index (χ1) is 7.02. The number of nitriles is 2. The number of nitrogens with zero attached hydrogens (tertiary/aromatic N) is 2. The van der Waals surface area contributed by atoms with Crippen molar-refractivity contribution in [3.8, 4) is 12.1 Å². The van der Waals surface area contributed by atoms with Gasteiger partial charge in [-0.3, -0.25) is 0 Å². The second-order valence-corrected chi connectivity index (χ2v) is 3.71. The van der Waals surface area contributed by atoms with E-state index in [1.165, 1.54) is 0 Å². The predicted molar refractivity (Wildman–Crippen MR) is 60.5 cm³/mol. The fraction of sp³-hybridized carbons (Fsp3) is 0.273. The van der Waals surface area contributed by atoms with Gasteiger partial charge in [0.05, 0.1) is 0 Å². The van der Waals surface area contributed by atoms with E-state index in [1.807, 2.05) is 32.9 Å². The van der Waals surface area contributed by atoms with E-state index in [1.54, 1.807) is 0 Å². The monoisotopic (exact) mass is 255 g/mol. The third kappa shape index (κ3) is 2.95. The number of nitrogens with one attached hydrogen (secondary N) is 1. The van der Waals surface area contributed by atoms with Crippen LogP contribution in [0.2, 0.25) is 0 Å². The van der Waals surface area contributed by atoms with Crippen LogP contribution in [0.1, 0.15) is 22.5 Å². The molecule has 1 heterocycles. The topological polar surface area (TPSA) is 63.4 Å². The SMILES string of the molecule is Cc1[nH]c(C)c(C([S-])=C(C#N)C#N)c1C.[K+]. The Bertz CT molecular complexity index is 499. The van der Waals surface area contributed by atoms with E-state index in [4.69, 9.17) is 23.2 Å². The zero-order valence-corrected chi connectivity index (χ0v) is 13.7. The average Bonchev–Trinajstić information content (AvgIpc) is 2.43. The molecule has 1 N–H and O–H groups in total. The molecule has 5 heteroatoms. The van der Waals surface area contributed by atoms with Gasteiger partial charge >= 0.3 is 51.4 Å². The van der Waals surface area contributed by atoms with Gasteiger partial charge in [-0.15, -0.1) is 4.91 Å². The fourth-order valence-corrected chi connectivity index (χ4v) is 1.90. The quantitative estimate of drug-likeness (QED) is 0.408. The van der Waals surface area contributed by atoms with Crippen molar-refractivity contribution >= 4 is 17.5 Å². The van der Waals surface area contributed by atoms with Gasteiger partial charge in [0.2, 0.25) is 0 Å². The van der Waals surface area contributed by atoms with Crippen molar-refractivity contribution in [2.45, 2.75) is 20.8 Å². The molecular formula is C11H10KN3S. The van der Waals surface area contributed by atoms with Crippen molar-refractivity contribution in [1.82, 2.24) is 4.98 Å². The molecule has 1 rings (SSSR count). The third-order valence-electron chi connectivity index (χ3n) is 2.37. The van der Waals surface area contributed by atoms with Gasteiger partial charge < -0.3 is 17.6 Å². The summed E-state index contributed by atoms with van der Waals surface area (Å²) < 4.78 is 0. The summed E-state index contributed by atoms with van der Waals surface area (Å²) in [5, 5.41) is 17.5. The van der Waals surface area contributed by atoms with Gasteiger partial charge in [-0.2, -0.15) is 10.5 Å². The molecule has 1 aromatic rings. The molecule has 0 saturated carbocycles. The zero-order valence-electron chi connectivity index (χ0n) is 9.80. The van der Waals surface area contributed by atoms with Crippen LogP contribution in [0.3, 0.4) is 0 Å². The first kappa shape index (κ1) is 15.9. The van der Waals surface area contributed by atoms with Crippen LogP contribution < -0.4 is 51.4 Å². The van der Waals surface area contributed by atoms with Crippen molar-refractivity contribution < 1.29 is 51.4 Å². The van der Waals surface area contributed by atoms with Gasteiger partial charge in [-0.1, -0.05) is 0 Å². The molecule has 0 aliphatic heterocycles. The summed E-state index contributed by atoms with van der Waals surface area (Å²) >= 11 is 5.13. The number of aromatic amines is 1. The van der Waals surface area contributed by atoms with Crippen molar-refractivity contribution in [3.63, 3.8) is 0 Å². The maximum absolute atomic E-state index is 8.74. The number of aromatic nitrogens is 1. The van der Waals surface area contributed by atoms with E-state index in [2.05, 4.69) is 4.98 Å². The van der Waals surface area contributed by atoms with Gasteiger partial charge in [0.1, 0.15) is 17.7 Å². The molecular weight excluding hydrogens is 245 g/mol. The van der Waals surface area contributed by atoms with Crippen LogP contribution in [0.25, 0.3) is 4.91 Å². The average molecular weight is 255 g/mol. The Labute approximate surface area is 143 Å². The number of rotatable bonds is 1. The maximum Gasteiger partial charge on any atom is 1.00 e. The standard InChI is InChI=1S/C11H11N3S.K/c1-6-7(2)14-8(3)10(6)11(15)9(4-12)5-13;/h14-15H,1-3H3;/q;+1/p-1. The normalized spacial score (nSPS) is 8.56. The molecule has 0 bridgehead atoms. The molecule has 0 aromatic carbocycles. The van der Waals surface area contributed by atoms with Crippen LogP contribution in [-0.4, -0.2) is 4.98 Å². The van der Waals surface area contributed by atoms with Crippen molar-refractivity contribution in [2.75, 3.05) is 0 Å². The Morgan fingerprint density at radius 2 is 1.62 bits per heavy atom. The molecule has 0 radical (unpaired) electrons. The van der Waals surface area contributed by atoms with Gasteiger partial charge in [-0.05, 0) is 31.9 Å². The van der Waals surface area contributed by atoms with Crippen LogP contribution in [0, 0.1) is 43.4 Å². The van der Waals surface area contributed by atoms with Crippen molar-refractivity contribution in [1.29, 1.82) is 10.5 Å². The van der Waals surface area contributed by atoms with E-state index in [9.17, 15) is 0 Å².